The summed E-state index contributed by atoms with van der Waals surface area (Å²) >= 11 is 0. The van der Waals surface area contributed by atoms with Gasteiger partial charge in [0.2, 0.25) is 11.8 Å². The molecule has 1 aliphatic rings. The fraction of sp³-hybridized carbons (Fsp3) is 0.727. The van der Waals surface area contributed by atoms with E-state index in [1.165, 1.54) is 4.90 Å². The third-order valence-electron chi connectivity index (χ3n) is 3.10. The molecule has 0 saturated carbocycles. The first-order valence-electron chi connectivity index (χ1n) is 6.00. The minimum absolute atomic E-state index is 0.0656. The maximum atomic E-state index is 12.0. The number of hydrogen-bond donors (Lipinski definition) is 3. The zero-order valence-corrected chi connectivity index (χ0v) is 10.2. The normalized spacial score (nSPS) is 21.4. The Hall–Kier alpha value is -1.63. The average molecular weight is 257 g/mol. The highest BCUT2D eigenvalue weighted by Crippen LogP contribution is 2.18. The fourth-order valence-corrected chi connectivity index (χ4v) is 2.11. The minimum atomic E-state index is -0.997. The van der Waals surface area contributed by atoms with Crippen LogP contribution in [0.2, 0.25) is 0 Å². The fourth-order valence-electron chi connectivity index (χ4n) is 2.11. The Kier molecular flexibility index (Phi) is 5.08. The molecule has 1 fully saturated rings. The van der Waals surface area contributed by atoms with E-state index in [2.05, 4.69) is 0 Å². The van der Waals surface area contributed by atoms with Crippen LogP contribution in [0, 0.1) is 0 Å². The van der Waals surface area contributed by atoms with Crippen molar-refractivity contribution < 1.29 is 19.5 Å². The molecule has 5 N–H and O–H groups in total. The van der Waals surface area contributed by atoms with Crippen molar-refractivity contribution in [2.45, 2.75) is 44.2 Å². The number of hydrogen-bond acceptors (Lipinski definition) is 4. The molecule has 0 aromatic rings. The molecule has 2 amide bonds. The van der Waals surface area contributed by atoms with Crippen LogP contribution in [-0.4, -0.2) is 46.4 Å². The van der Waals surface area contributed by atoms with E-state index in [0.717, 1.165) is 12.8 Å². The van der Waals surface area contributed by atoms with Gasteiger partial charge in [-0.3, -0.25) is 14.4 Å². The summed E-state index contributed by atoms with van der Waals surface area (Å²) in [5.41, 5.74) is 10.9. The number of carbonyl (C=O) groups excluding carboxylic acids is 2. The Labute approximate surface area is 105 Å². The first-order valence-corrected chi connectivity index (χ1v) is 6.00. The van der Waals surface area contributed by atoms with Crippen molar-refractivity contribution in [2.75, 3.05) is 6.54 Å². The van der Waals surface area contributed by atoms with E-state index in [-0.39, 0.29) is 18.7 Å². The second-order valence-electron chi connectivity index (χ2n) is 4.48. The number of primary amides is 1. The number of carboxylic acids is 1. The van der Waals surface area contributed by atoms with E-state index in [1.54, 1.807) is 0 Å². The van der Waals surface area contributed by atoms with Crippen molar-refractivity contribution in [3.63, 3.8) is 0 Å². The second kappa shape index (κ2) is 6.34. The van der Waals surface area contributed by atoms with Gasteiger partial charge in [0.1, 0.15) is 6.04 Å². The molecule has 1 saturated heterocycles. The van der Waals surface area contributed by atoms with E-state index in [0.29, 0.717) is 13.0 Å². The van der Waals surface area contributed by atoms with Crippen molar-refractivity contribution in [3.8, 4) is 0 Å². The number of amides is 2. The monoisotopic (exact) mass is 257 g/mol. The zero-order chi connectivity index (χ0) is 13.7. The van der Waals surface area contributed by atoms with E-state index >= 15 is 0 Å². The predicted molar refractivity (Wildman–Crippen MR) is 63.4 cm³/mol. The molecule has 0 spiro atoms. The number of nitrogens with zero attached hydrogens (tertiary/aromatic N) is 1. The van der Waals surface area contributed by atoms with Gasteiger partial charge in [0.05, 0.1) is 6.04 Å². The first-order chi connectivity index (χ1) is 8.43. The van der Waals surface area contributed by atoms with Gasteiger partial charge in [-0.2, -0.15) is 0 Å². The smallest absolute Gasteiger partial charge is 0.303 e. The van der Waals surface area contributed by atoms with Gasteiger partial charge in [-0.25, -0.2) is 0 Å². The molecule has 0 aromatic heterocycles. The number of carbonyl (C=O) groups is 3. The Morgan fingerprint density at radius 3 is 2.56 bits per heavy atom. The maximum Gasteiger partial charge on any atom is 0.303 e. The highest BCUT2D eigenvalue weighted by atomic mass is 16.4. The molecular formula is C11H19N3O4. The molecule has 0 aromatic carbocycles. The SMILES string of the molecule is NC(=O)C1CCCCN1C(=O)C(N)CCC(=O)O. The number of piperidine rings is 1. The topological polar surface area (TPSA) is 127 Å². The van der Waals surface area contributed by atoms with Crippen LogP contribution in [0.3, 0.4) is 0 Å². The number of carboxylic acid groups (broad SMARTS) is 1. The van der Waals surface area contributed by atoms with Crippen molar-refractivity contribution in [1.82, 2.24) is 4.90 Å². The van der Waals surface area contributed by atoms with Gasteiger partial charge < -0.3 is 21.5 Å². The zero-order valence-electron chi connectivity index (χ0n) is 10.2. The van der Waals surface area contributed by atoms with Crippen LogP contribution in [0.15, 0.2) is 0 Å². The molecule has 0 radical (unpaired) electrons. The summed E-state index contributed by atoms with van der Waals surface area (Å²) in [7, 11) is 0. The number of aliphatic carboxylic acids is 1. The highest BCUT2D eigenvalue weighted by molar-refractivity contribution is 5.89. The lowest BCUT2D eigenvalue weighted by Gasteiger charge is -2.35. The molecule has 0 bridgehead atoms. The van der Waals surface area contributed by atoms with E-state index in [4.69, 9.17) is 16.6 Å². The van der Waals surface area contributed by atoms with Gasteiger partial charge in [0.25, 0.3) is 0 Å². The van der Waals surface area contributed by atoms with Gasteiger partial charge in [0, 0.05) is 13.0 Å². The van der Waals surface area contributed by atoms with Crippen LogP contribution in [0.5, 0.6) is 0 Å². The summed E-state index contributed by atoms with van der Waals surface area (Å²) in [6.07, 6.45) is 2.10. The lowest BCUT2D eigenvalue weighted by atomic mass is 9.99. The largest absolute Gasteiger partial charge is 0.481 e. The Morgan fingerprint density at radius 2 is 2.00 bits per heavy atom. The minimum Gasteiger partial charge on any atom is -0.481 e. The number of rotatable bonds is 5. The summed E-state index contributed by atoms with van der Waals surface area (Å²) in [5.74, 6) is -1.92. The summed E-state index contributed by atoms with van der Waals surface area (Å²) in [6.45, 7) is 0.452. The molecule has 0 aliphatic carbocycles. The van der Waals surface area contributed by atoms with Crippen LogP contribution >= 0.6 is 0 Å². The molecule has 1 heterocycles. The second-order valence-corrected chi connectivity index (χ2v) is 4.48. The lowest BCUT2D eigenvalue weighted by molar-refractivity contribution is -0.143. The van der Waals surface area contributed by atoms with E-state index < -0.39 is 24.0 Å². The van der Waals surface area contributed by atoms with Crippen LogP contribution < -0.4 is 11.5 Å². The lowest BCUT2D eigenvalue weighted by Crippen LogP contribution is -2.55. The van der Waals surface area contributed by atoms with Gasteiger partial charge >= 0.3 is 5.97 Å². The molecule has 102 valence electrons. The summed E-state index contributed by atoms with van der Waals surface area (Å²) in [5, 5.41) is 8.54. The quantitative estimate of drug-likeness (QED) is 0.585. The van der Waals surface area contributed by atoms with E-state index in [1.807, 2.05) is 0 Å². The third-order valence-corrected chi connectivity index (χ3v) is 3.10. The standard InChI is InChI=1S/C11H19N3O4/c12-7(4-5-9(15)16)11(18)14-6-2-1-3-8(14)10(13)17/h7-8H,1-6,12H2,(H2,13,17)(H,15,16). The molecule has 18 heavy (non-hydrogen) atoms. The maximum absolute atomic E-state index is 12.0. The van der Waals surface area contributed by atoms with Crippen molar-refractivity contribution >= 4 is 17.8 Å². The van der Waals surface area contributed by atoms with Gasteiger partial charge in [-0.1, -0.05) is 0 Å². The van der Waals surface area contributed by atoms with Crippen molar-refractivity contribution in [3.05, 3.63) is 0 Å². The molecule has 1 rings (SSSR count). The molecule has 7 nitrogen and oxygen atoms in total. The summed E-state index contributed by atoms with van der Waals surface area (Å²) in [6, 6.07) is -1.50. The molecule has 1 aliphatic heterocycles. The predicted octanol–water partition coefficient (Wildman–Crippen LogP) is -0.955. The van der Waals surface area contributed by atoms with Crippen LogP contribution in [0.4, 0.5) is 0 Å². The summed E-state index contributed by atoms with van der Waals surface area (Å²) in [4.78, 5) is 35.1. The third kappa shape index (κ3) is 3.69. The van der Waals surface area contributed by atoms with Crippen LogP contribution in [0.25, 0.3) is 0 Å². The van der Waals surface area contributed by atoms with Gasteiger partial charge in [-0.05, 0) is 25.7 Å². The van der Waals surface area contributed by atoms with Crippen LogP contribution in [-0.2, 0) is 14.4 Å². The Bertz CT molecular complexity index is 345. The van der Waals surface area contributed by atoms with Gasteiger partial charge in [0.15, 0.2) is 0 Å². The Morgan fingerprint density at radius 1 is 1.33 bits per heavy atom. The van der Waals surface area contributed by atoms with Crippen molar-refractivity contribution in [1.29, 1.82) is 0 Å². The molecule has 7 heteroatoms. The summed E-state index contributed by atoms with van der Waals surface area (Å²) < 4.78 is 0. The average Bonchev–Trinajstić information content (AvgIpc) is 2.34. The van der Waals surface area contributed by atoms with Crippen LogP contribution in [0.1, 0.15) is 32.1 Å². The van der Waals surface area contributed by atoms with E-state index in [9.17, 15) is 14.4 Å². The number of likely N-dealkylation sites (tertiary alicyclic amines) is 1. The van der Waals surface area contributed by atoms with Gasteiger partial charge in [-0.15, -0.1) is 0 Å². The highest BCUT2D eigenvalue weighted by Gasteiger charge is 2.33. The number of nitrogens with two attached hydrogens (primary N) is 2. The molecular weight excluding hydrogens is 238 g/mol. The Balaban J connectivity index is 2.62. The molecule has 2 unspecified atom stereocenters. The van der Waals surface area contributed by atoms with Crippen molar-refractivity contribution in [2.24, 2.45) is 11.5 Å². The molecule has 2 atom stereocenters. The first kappa shape index (κ1) is 14.4.